The molecule has 0 radical (unpaired) electrons. The maximum Gasteiger partial charge on any atom is 0.272 e. The molecule has 158 valence electrons. The summed E-state index contributed by atoms with van der Waals surface area (Å²) in [5.41, 5.74) is 1.34. The van der Waals surface area contributed by atoms with Gasteiger partial charge in [-0.2, -0.15) is 0 Å². The fraction of sp³-hybridized carbons (Fsp3) is 0.130. The van der Waals surface area contributed by atoms with Gasteiger partial charge in [0.2, 0.25) is 0 Å². The lowest BCUT2D eigenvalue weighted by Crippen LogP contribution is -2.31. The lowest BCUT2D eigenvalue weighted by molar-refractivity contribution is -0.119. The van der Waals surface area contributed by atoms with Crippen LogP contribution in [0.5, 0.6) is 11.5 Å². The third-order valence-corrected chi connectivity index (χ3v) is 6.09. The zero-order valence-corrected chi connectivity index (χ0v) is 18.3. The van der Waals surface area contributed by atoms with Crippen molar-refractivity contribution in [3.63, 3.8) is 0 Å². The number of thioether (sulfide) groups is 1. The highest BCUT2D eigenvalue weighted by Gasteiger charge is 2.40. The standard InChI is InChI=1S/C23H18ClNO5S/c1-28-18-10-9-16(12-19(18)29-2)25-22(26)20(14-5-7-15(24)8-6-14)21(23(25)27)31-13-17-4-3-11-30-17/h3-12H,13H2,1-2H3. The summed E-state index contributed by atoms with van der Waals surface area (Å²) in [6.07, 6.45) is 1.57. The van der Waals surface area contributed by atoms with Crippen LogP contribution in [-0.4, -0.2) is 26.0 Å². The number of anilines is 1. The third-order valence-electron chi connectivity index (χ3n) is 4.74. The number of carbonyl (C=O) groups excluding carboxylic acids is 2. The SMILES string of the molecule is COc1ccc(N2C(=O)C(SCc3ccco3)=C(c3ccc(Cl)cc3)C2=O)cc1OC. The van der Waals surface area contributed by atoms with Gasteiger partial charge in [-0.05, 0) is 42.0 Å². The highest BCUT2D eigenvalue weighted by atomic mass is 35.5. The number of halogens is 1. The van der Waals surface area contributed by atoms with Crippen molar-refractivity contribution in [1.82, 2.24) is 0 Å². The van der Waals surface area contributed by atoms with E-state index in [0.717, 1.165) is 4.90 Å². The second-order valence-corrected chi connectivity index (χ2v) is 7.99. The maximum absolute atomic E-state index is 13.4. The zero-order chi connectivity index (χ0) is 22.0. The Labute approximate surface area is 188 Å². The Morgan fingerprint density at radius 3 is 2.35 bits per heavy atom. The molecule has 2 amide bonds. The Bertz CT molecular complexity index is 1160. The van der Waals surface area contributed by atoms with Crippen LogP contribution >= 0.6 is 23.4 Å². The maximum atomic E-state index is 13.4. The van der Waals surface area contributed by atoms with Crippen LogP contribution < -0.4 is 14.4 Å². The van der Waals surface area contributed by atoms with E-state index in [1.807, 2.05) is 6.07 Å². The highest BCUT2D eigenvalue weighted by Crippen LogP contribution is 2.41. The van der Waals surface area contributed by atoms with E-state index < -0.39 is 11.8 Å². The van der Waals surface area contributed by atoms with E-state index >= 15 is 0 Å². The fourth-order valence-corrected chi connectivity index (χ4v) is 4.39. The number of hydrogen-bond acceptors (Lipinski definition) is 6. The summed E-state index contributed by atoms with van der Waals surface area (Å²) in [6, 6.07) is 15.4. The molecule has 1 aromatic heterocycles. The zero-order valence-electron chi connectivity index (χ0n) is 16.8. The monoisotopic (exact) mass is 455 g/mol. The number of amides is 2. The molecular formula is C23H18ClNO5S. The number of imide groups is 1. The van der Waals surface area contributed by atoms with E-state index in [-0.39, 0.29) is 0 Å². The van der Waals surface area contributed by atoms with Crippen LogP contribution in [0, 0.1) is 0 Å². The summed E-state index contributed by atoms with van der Waals surface area (Å²) in [5, 5.41) is 0.544. The Hall–Kier alpha value is -3.16. The molecule has 2 heterocycles. The number of carbonyl (C=O) groups is 2. The molecule has 0 saturated carbocycles. The van der Waals surface area contributed by atoms with Gasteiger partial charge >= 0.3 is 0 Å². The van der Waals surface area contributed by atoms with Gasteiger partial charge in [0.05, 0.1) is 42.4 Å². The number of benzene rings is 2. The van der Waals surface area contributed by atoms with E-state index in [1.54, 1.807) is 54.8 Å². The van der Waals surface area contributed by atoms with Crippen molar-refractivity contribution in [3.8, 4) is 11.5 Å². The lowest BCUT2D eigenvalue weighted by atomic mass is 10.1. The Balaban J connectivity index is 1.75. The summed E-state index contributed by atoms with van der Waals surface area (Å²) in [6.45, 7) is 0. The Morgan fingerprint density at radius 2 is 1.71 bits per heavy atom. The van der Waals surface area contributed by atoms with Gasteiger partial charge in [0, 0.05) is 11.1 Å². The van der Waals surface area contributed by atoms with Gasteiger partial charge in [0.25, 0.3) is 11.8 Å². The third kappa shape index (κ3) is 4.06. The average molecular weight is 456 g/mol. The smallest absolute Gasteiger partial charge is 0.272 e. The molecule has 0 unspecified atom stereocenters. The second kappa shape index (κ2) is 8.91. The van der Waals surface area contributed by atoms with Gasteiger partial charge in [0.15, 0.2) is 11.5 Å². The molecule has 0 atom stereocenters. The molecule has 0 N–H and O–H groups in total. The first-order valence-corrected chi connectivity index (χ1v) is 10.7. The van der Waals surface area contributed by atoms with Crippen LogP contribution in [0.2, 0.25) is 5.02 Å². The fourth-order valence-electron chi connectivity index (χ4n) is 3.25. The molecule has 6 nitrogen and oxygen atoms in total. The van der Waals surface area contributed by atoms with Crippen molar-refractivity contribution in [1.29, 1.82) is 0 Å². The number of nitrogens with zero attached hydrogens (tertiary/aromatic N) is 1. The first-order chi connectivity index (χ1) is 15.0. The van der Waals surface area contributed by atoms with E-state index in [4.69, 9.17) is 25.5 Å². The molecule has 1 aliphatic rings. The molecule has 0 saturated heterocycles. The molecule has 0 bridgehead atoms. The Morgan fingerprint density at radius 1 is 0.968 bits per heavy atom. The number of methoxy groups -OCH3 is 2. The number of ether oxygens (including phenoxy) is 2. The van der Waals surface area contributed by atoms with Gasteiger partial charge < -0.3 is 13.9 Å². The van der Waals surface area contributed by atoms with Gasteiger partial charge in [-0.15, -0.1) is 11.8 Å². The number of hydrogen-bond donors (Lipinski definition) is 0. The molecule has 0 spiro atoms. The summed E-state index contributed by atoms with van der Waals surface area (Å²) in [5.74, 6) is 1.23. The van der Waals surface area contributed by atoms with Gasteiger partial charge in [0.1, 0.15) is 5.76 Å². The quantitative estimate of drug-likeness (QED) is 0.458. The minimum Gasteiger partial charge on any atom is -0.493 e. The van der Waals surface area contributed by atoms with Crippen molar-refractivity contribution < 1.29 is 23.5 Å². The van der Waals surface area contributed by atoms with Crippen molar-refractivity contribution in [3.05, 3.63) is 82.1 Å². The lowest BCUT2D eigenvalue weighted by Gasteiger charge is -2.17. The van der Waals surface area contributed by atoms with E-state index in [9.17, 15) is 9.59 Å². The van der Waals surface area contributed by atoms with E-state index in [1.165, 1.54) is 26.0 Å². The molecule has 0 aliphatic carbocycles. The summed E-state index contributed by atoms with van der Waals surface area (Å²) in [4.78, 5) is 28.3. The largest absolute Gasteiger partial charge is 0.493 e. The predicted molar refractivity (Wildman–Crippen MR) is 120 cm³/mol. The molecule has 8 heteroatoms. The van der Waals surface area contributed by atoms with E-state index in [2.05, 4.69) is 0 Å². The number of furan rings is 1. The molecule has 4 rings (SSSR count). The number of rotatable bonds is 7. The van der Waals surface area contributed by atoms with Crippen molar-refractivity contribution in [2.75, 3.05) is 19.1 Å². The molecule has 3 aromatic rings. The van der Waals surface area contributed by atoms with E-state index in [0.29, 0.717) is 49.8 Å². The van der Waals surface area contributed by atoms with Crippen LogP contribution in [-0.2, 0) is 15.3 Å². The van der Waals surface area contributed by atoms with Crippen LogP contribution in [0.25, 0.3) is 5.57 Å². The van der Waals surface area contributed by atoms with Crippen molar-refractivity contribution >= 4 is 46.4 Å². The summed E-state index contributed by atoms with van der Waals surface area (Å²) >= 11 is 7.28. The summed E-state index contributed by atoms with van der Waals surface area (Å²) < 4.78 is 16.0. The highest BCUT2D eigenvalue weighted by molar-refractivity contribution is 8.03. The molecule has 31 heavy (non-hydrogen) atoms. The van der Waals surface area contributed by atoms with Crippen LogP contribution in [0.1, 0.15) is 11.3 Å². The second-order valence-electron chi connectivity index (χ2n) is 6.56. The van der Waals surface area contributed by atoms with Gasteiger partial charge in [-0.3, -0.25) is 9.59 Å². The minimum absolute atomic E-state index is 0.327. The van der Waals surface area contributed by atoms with Crippen molar-refractivity contribution in [2.45, 2.75) is 5.75 Å². The Kier molecular flexibility index (Phi) is 6.06. The summed E-state index contributed by atoms with van der Waals surface area (Å²) in [7, 11) is 3.02. The normalized spacial score (nSPS) is 13.8. The molecule has 0 fully saturated rings. The predicted octanol–water partition coefficient (Wildman–Crippen LogP) is 5.17. The topological polar surface area (TPSA) is 69.0 Å². The van der Waals surface area contributed by atoms with Crippen molar-refractivity contribution in [2.24, 2.45) is 0 Å². The average Bonchev–Trinajstić information content (AvgIpc) is 3.38. The van der Waals surface area contributed by atoms with Crippen LogP contribution in [0.3, 0.4) is 0 Å². The van der Waals surface area contributed by atoms with Crippen LogP contribution in [0.15, 0.2) is 70.2 Å². The minimum atomic E-state index is -0.415. The molecule has 2 aromatic carbocycles. The van der Waals surface area contributed by atoms with Gasteiger partial charge in [-0.1, -0.05) is 23.7 Å². The van der Waals surface area contributed by atoms with Gasteiger partial charge in [-0.25, -0.2) is 4.90 Å². The molecular weight excluding hydrogens is 438 g/mol. The first-order valence-electron chi connectivity index (χ1n) is 9.29. The first kappa shape index (κ1) is 21.1. The molecule has 1 aliphatic heterocycles. The van der Waals surface area contributed by atoms with Crippen LogP contribution in [0.4, 0.5) is 5.69 Å².